The predicted octanol–water partition coefficient (Wildman–Crippen LogP) is 0.153. The first-order valence-corrected chi connectivity index (χ1v) is 6.06. The van der Waals surface area contributed by atoms with E-state index < -0.39 is 30.2 Å². The molecule has 112 valence electrons. The van der Waals surface area contributed by atoms with Gasteiger partial charge in [0.1, 0.15) is 11.8 Å². The third-order valence-corrected chi connectivity index (χ3v) is 2.54. The Morgan fingerprint density at radius 3 is 2.71 bits per heavy atom. The topological polar surface area (TPSA) is 119 Å². The number of nitrogens with two attached hydrogens (primary N) is 1. The largest absolute Gasteiger partial charge is 0.497 e. The molecule has 2 amide bonds. The zero-order valence-electron chi connectivity index (χ0n) is 11.4. The molecule has 0 radical (unpaired) electrons. The molecule has 7 nitrogen and oxygen atoms in total. The predicted molar refractivity (Wildman–Crippen MR) is 75.4 cm³/mol. The second-order valence-corrected chi connectivity index (χ2v) is 4.18. The maximum Gasteiger partial charge on any atom is 0.326 e. The van der Waals surface area contributed by atoms with Gasteiger partial charge in [-0.25, -0.2) is 4.79 Å². The number of carbonyl (C=O) groups is 3. The molecule has 21 heavy (non-hydrogen) atoms. The molecule has 0 bridgehead atoms. The fourth-order valence-corrected chi connectivity index (χ4v) is 1.54. The molecular weight excluding hydrogens is 276 g/mol. The smallest absolute Gasteiger partial charge is 0.326 e. The van der Waals surface area contributed by atoms with E-state index in [0.717, 1.165) is 0 Å². The second kappa shape index (κ2) is 7.68. The highest BCUT2D eigenvalue weighted by Crippen LogP contribution is 2.13. The summed E-state index contributed by atoms with van der Waals surface area (Å²) in [6.45, 7) is 0. The Hall–Kier alpha value is -2.83. The number of hydrogen-bond acceptors (Lipinski definition) is 4. The van der Waals surface area contributed by atoms with Gasteiger partial charge in [0.15, 0.2) is 0 Å². The summed E-state index contributed by atoms with van der Waals surface area (Å²) in [6.07, 6.45) is 2.21. The fourth-order valence-electron chi connectivity index (χ4n) is 1.54. The molecule has 0 aliphatic carbocycles. The number of methoxy groups -OCH3 is 1. The molecule has 0 saturated heterocycles. The van der Waals surface area contributed by atoms with Gasteiger partial charge in [-0.15, -0.1) is 0 Å². The minimum absolute atomic E-state index is 0.464. The molecule has 0 aliphatic heterocycles. The van der Waals surface area contributed by atoms with Crippen molar-refractivity contribution in [1.82, 2.24) is 5.32 Å². The summed E-state index contributed by atoms with van der Waals surface area (Å²) in [5, 5.41) is 11.1. The minimum atomic E-state index is -1.34. The monoisotopic (exact) mass is 292 g/mol. The van der Waals surface area contributed by atoms with Gasteiger partial charge >= 0.3 is 5.97 Å². The molecule has 4 N–H and O–H groups in total. The highest BCUT2D eigenvalue weighted by Gasteiger charge is 2.20. The Morgan fingerprint density at radius 2 is 2.14 bits per heavy atom. The van der Waals surface area contributed by atoms with Crippen LogP contribution in [0.2, 0.25) is 0 Å². The number of hydrogen-bond donors (Lipinski definition) is 3. The van der Waals surface area contributed by atoms with Gasteiger partial charge in [0, 0.05) is 6.08 Å². The molecule has 0 aromatic heterocycles. The van der Waals surface area contributed by atoms with Crippen molar-refractivity contribution in [2.75, 3.05) is 7.11 Å². The number of nitrogens with one attached hydrogen (secondary N) is 1. The number of primary amides is 1. The zero-order chi connectivity index (χ0) is 15.8. The van der Waals surface area contributed by atoms with Crippen molar-refractivity contribution in [2.45, 2.75) is 12.5 Å². The van der Waals surface area contributed by atoms with E-state index in [1.807, 2.05) is 0 Å². The van der Waals surface area contributed by atoms with Crippen LogP contribution in [0.5, 0.6) is 5.75 Å². The second-order valence-electron chi connectivity index (χ2n) is 4.18. The van der Waals surface area contributed by atoms with E-state index in [4.69, 9.17) is 15.6 Å². The van der Waals surface area contributed by atoms with Crippen LogP contribution >= 0.6 is 0 Å². The van der Waals surface area contributed by atoms with Crippen molar-refractivity contribution >= 4 is 23.9 Å². The van der Waals surface area contributed by atoms with Crippen LogP contribution in [0.1, 0.15) is 12.0 Å². The quantitative estimate of drug-likeness (QED) is 0.618. The maximum absolute atomic E-state index is 11.6. The maximum atomic E-state index is 11.6. The third kappa shape index (κ3) is 5.77. The SMILES string of the molecule is COc1cccc(/C=C/C(=O)NC(CC(N)=O)C(=O)O)c1. The highest BCUT2D eigenvalue weighted by molar-refractivity contribution is 5.95. The van der Waals surface area contributed by atoms with E-state index in [2.05, 4.69) is 5.32 Å². The lowest BCUT2D eigenvalue weighted by atomic mass is 10.2. The van der Waals surface area contributed by atoms with Crippen molar-refractivity contribution in [3.63, 3.8) is 0 Å². The number of carboxylic acids is 1. The molecule has 0 heterocycles. The van der Waals surface area contributed by atoms with Crippen LogP contribution in [-0.2, 0) is 14.4 Å². The molecule has 1 aromatic carbocycles. The average Bonchev–Trinajstić information content (AvgIpc) is 2.44. The number of benzene rings is 1. The van der Waals surface area contributed by atoms with Crippen molar-refractivity contribution in [2.24, 2.45) is 5.73 Å². The summed E-state index contributed by atoms with van der Waals surface area (Å²) >= 11 is 0. The summed E-state index contributed by atoms with van der Waals surface area (Å²) in [4.78, 5) is 33.2. The molecule has 0 spiro atoms. The molecular formula is C14H16N2O5. The number of aliphatic carboxylic acids is 1. The van der Waals surface area contributed by atoms with Gasteiger partial charge < -0.3 is 20.9 Å². The van der Waals surface area contributed by atoms with Gasteiger partial charge in [-0.1, -0.05) is 12.1 Å². The molecule has 0 aliphatic rings. The molecule has 7 heteroatoms. The molecule has 0 fully saturated rings. The molecule has 0 saturated carbocycles. The van der Waals surface area contributed by atoms with Crippen molar-refractivity contribution in [3.05, 3.63) is 35.9 Å². The van der Waals surface area contributed by atoms with Crippen LogP contribution in [0, 0.1) is 0 Å². The summed E-state index contributed by atoms with van der Waals surface area (Å²) < 4.78 is 5.04. The van der Waals surface area contributed by atoms with Crippen molar-refractivity contribution < 1.29 is 24.2 Å². The number of ether oxygens (including phenoxy) is 1. The molecule has 1 atom stereocenters. The van der Waals surface area contributed by atoms with Crippen LogP contribution in [-0.4, -0.2) is 36.0 Å². The first-order chi connectivity index (χ1) is 9.92. The number of rotatable bonds is 7. The van der Waals surface area contributed by atoms with Crippen LogP contribution < -0.4 is 15.8 Å². The van der Waals surface area contributed by atoms with Crippen LogP contribution in [0.15, 0.2) is 30.3 Å². The van der Waals surface area contributed by atoms with Gasteiger partial charge in [0.25, 0.3) is 0 Å². The Labute approximate surface area is 121 Å². The van der Waals surface area contributed by atoms with E-state index >= 15 is 0 Å². The van der Waals surface area contributed by atoms with Crippen LogP contribution in [0.4, 0.5) is 0 Å². The van der Waals surface area contributed by atoms with E-state index in [-0.39, 0.29) is 0 Å². The van der Waals surface area contributed by atoms with Crippen LogP contribution in [0.3, 0.4) is 0 Å². The lowest BCUT2D eigenvalue weighted by molar-refractivity contribution is -0.142. The van der Waals surface area contributed by atoms with E-state index in [9.17, 15) is 14.4 Å². The number of carbonyl (C=O) groups excluding carboxylic acids is 2. The standard InChI is InChI=1S/C14H16N2O5/c1-21-10-4-2-3-9(7-10)5-6-13(18)16-11(14(19)20)8-12(15)17/h2-7,11H,8H2,1H3,(H2,15,17)(H,16,18)(H,19,20)/b6-5+. The normalized spacial score (nSPS) is 11.9. The fraction of sp³-hybridized carbons (Fsp3) is 0.214. The Morgan fingerprint density at radius 1 is 1.43 bits per heavy atom. The molecule has 1 unspecified atom stereocenters. The van der Waals surface area contributed by atoms with E-state index in [0.29, 0.717) is 11.3 Å². The van der Waals surface area contributed by atoms with Gasteiger partial charge in [0.05, 0.1) is 13.5 Å². The Balaban J connectivity index is 2.68. The average molecular weight is 292 g/mol. The Kier molecular flexibility index (Phi) is 5.94. The number of carboxylic acid groups (broad SMARTS) is 1. The molecule has 1 rings (SSSR count). The first kappa shape index (κ1) is 16.2. The van der Waals surface area contributed by atoms with Crippen molar-refractivity contribution in [3.8, 4) is 5.75 Å². The van der Waals surface area contributed by atoms with Gasteiger partial charge in [0.2, 0.25) is 11.8 Å². The van der Waals surface area contributed by atoms with Crippen molar-refractivity contribution in [1.29, 1.82) is 0 Å². The lowest BCUT2D eigenvalue weighted by Gasteiger charge is -2.10. The Bertz CT molecular complexity index is 568. The summed E-state index contributed by atoms with van der Waals surface area (Å²) in [6, 6.07) is 5.63. The van der Waals surface area contributed by atoms with Crippen LogP contribution in [0.25, 0.3) is 6.08 Å². The summed E-state index contributed by atoms with van der Waals surface area (Å²) in [7, 11) is 1.52. The van der Waals surface area contributed by atoms with Gasteiger partial charge in [-0.05, 0) is 23.8 Å². The first-order valence-electron chi connectivity index (χ1n) is 6.06. The summed E-state index contributed by atoms with van der Waals surface area (Å²) in [5.41, 5.74) is 5.63. The molecule has 1 aromatic rings. The van der Waals surface area contributed by atoms with Gasteiger partial charge in [-0.2, -0.15) is 0 Å². The third-order valence-electron chi connectivity index (χ3n) is 2.54. The lowest BCUT2D eigenvalue weighted by Crippen LogP contribution is -2.42. The van der Waals surface area contributed by atoms with E-state index in [1.54, 1.807) is 24.3 Å². The zero-order valence-corrected chi connectivity index (χ0v) is 11.4. The van der Waals surface area contributed by atoms with E-state index in [1.165, 1.54) is 19.3 Å². The number of amides is 2. The minimum Gasteiger partial charge on any atom is -0.497 e. The van der Waals surface area contributed by atoms with Gasteiger partial charge in [-0.3, -0.25) is 9.59 Å². The summed E-state index contributed by atoms with van der Waals surface area (Å²) in [5.74, 6) is -2.13. The highest BCUT2D eigenvalue weighted by atomic mass is 16.5.